The van der Waals surface area contributed by atoms with Gasteiger partial charge in [-0.15, -0.1) is 0 Å². The third-order valence-corrected chi connectivity index (χ3v) is 4.40. The van der Waals surface area contributed by atoms with Crippen LogP contribution in [-0.4, -0.2) is 37.8 Å². The van der Waals surface area contributed by atoms with E-state index in [-0.39, 0.29) is 6.61 Å². The molecule has 0 saturated carbocycles. The van der Waals surface area contributed by atoms with Crippen LogP contribution in [0, 0.1) is 5.21 Å². The van der Waals surface area contributed by atoms with E-state index in [9.17, 15) is 10.3 Å². The molecule has 7 heteroatoms. The number of rotatable bonds is 9. The molecule has 0 bridgehead atoms. The fourth-order valence-electron chi connectivity index (χ4n) is 2.04. The van der Waals surface area contributed by atoms with Gasteiger partial charge in [0.2, 0.25) is 0 Å². The minimum atomic E-state index is -0.657. The molecule has 0 amide bonds. The van der Waals surface area contributed by atoms with Crippen LogP contribution in [0.1, 0.15) is 5.56 Å². The Morgan fingerprint density at radius 1 is 1.17 bits per heavy atom. The third kappa shape index (κ3) is 5.30. The van der Waals surface area contributed by atoms with Crippen molar-refractivity contribution in [2.75, 3.05) is 26.6 Å². The normalized spacial score (nSPS) is 12.0. The zero-order chi connectivity index (χ0) is 17.4. The standard InChI is InChI=1S/C17H21NO5S/c1-21-15-7-6-13(9-16(15)22-2)10-23-11-14(19)12-24-17-5-3-4-8-18(17)20/h3-9,14,19H,10-12H2,1-2H3/t14-/m0/s1. The molecule has 1 heterocycles. The first-order chi connectivity index (χ1) is 11.6. The van der Waals surface area contributed by atoms with Gasteiger partial charge >= 0.3 is 0 Å². The van der Waals surface area contributed by atoms with E-state index >= 15 is 0 Å². The predicted molar refractivity (Wildman–Crippen MR) is 91.3 cm³/mol. The van der Waals surface area contributed by atoms with Crippen LogP contribution in [0.25, 0.3) is 0 Å². The third-order valence-electron chi connectivity index (χ3n) is 3.24. The fraction of sp³-hybridized carbons (Fsp3) is 0.353. The molecule has 2 rings (SSSR count). The van der Waals surface area contributed by atoms with Gasteiger partial charge in [0, 0.05) is 17.9 Å². The van der Waals surface area contributed by atoms with Crippen molar-refractivity contribution >= 4 is 11.8 Å². The van der Waals surface area contributed by atoms with Gasteiger partial charge in [-0.3, -0.25) is 0 Å². The molecule has 6 nitrogen and oxygen atoms in total. The van der Waals surface area contributed by atoms with E-state index in [1.165, 1.54) is 18.0 Å². The van der Waals surface area contributed by atoms with Crippen LogP contribution >= 0.6 is 11.8 Å². The molecule has 1 atom stereocenters. The summed E-state index contributed by atoms with van der Waals surface area (Å²) in [5.74, 6) is 1.68. The van der Waals surface area contributed by atoms with Gasteiger partial charge in [0.15, 0.2) is 17.7 Å². The smallest absolute Gasteiger partial charge is 0.251 e. The van der Waals surface area contributed by atoms with Gasteiger partial charge in [-0.25, -0.2) is 0 Å². The molecule has 1 aromatic heterocycles. The molecule has 24 heavy (non-hydrogen) atoms. The Bertz CT molecular complexity index is 653. The van der Waals surface area contributed by atoms with E-state index in [1.807, 2.05) is 18.2 Å². The number of aliphatic hydroxyl groups is 1. The highest BCUT2D eigenvalue weighted by atomic mass is 32.2. The summed E-state index contributed by atoms with van der Waals surface area (Å²) in [6, 6.07) is 10.7. The molecule has 0 unspecified atom stereocenters. The topological polar surface area (TPSA) is 74.9 Å². The highest BCUT2D eigenvalue weighted by molar-refractivity contribution is 7.99. The number of aromatic nitrogens is 1. The maximum absolute atomic E-state index is 11.5. The summed E-state index contributed by atoms with van der Waals surface area (Å²) in [4.78, 5) is 0. The molecule has 1 N–H and O–H groups in total. The first kappa shape index (κ1) is 18.4. The molecular formula is C17H21NO5S. The van der Waals surface area contributed by atoms with Crippen molar-refractivity contribution in [3.05, 3.63) is 53.4 Å². The molecule has 0 aliphatic heterocycles. The fourth-order valence-corrected chi connectivity index (χ4v) is 2.86. The predicted octanol–water partition coefficient (Wildman–Crippen LogP) is 2.01. The van der Waals surface area contributed by atoms with Crippen LogP contribution in [0.5, 0.6) is 11.5 Å². The van der Waals surface area contributed by atoms with Crippen LogP contribution in [-0.2, 0) is 11.3 Å². The molecule has 0 aliphatic rings. The van der Waals surface area contributed by atoms with E-state index in [4.69, 9.17) is 14.2 Å². The summed E-state index contributed by atoms with van der Waals surface area (Å²) in [6.45, 7) is 0.544. The maximum atomic E-state index is 11.5. The number of hydrogen-bond acceptors (Lipinski definition) is 6. The first-order valence-corrected chi connectivity index (χ1v) is 8.40. The molecule has 0 saturated heterocycles. The molecule has 1 aromatic carbocycles. The molecular weight excluding hydrogens is 330 g/mol. The average molecular weight is 351 g/mol. The summed E-state index contributed by atoms with van der Waals surface area (Å²) in [7, 11) is 3.16. The van der Waals surface area contributed by atoms with Crippen molar-refractivity contribution in [1.82, 2.24) is 0 Å². The van der Waals surface area contributed by atoms with Gasteiger partial charge in [-0.1, -0.05) is 17.8 Å². The highest BCUT2D eigenvalue weighted by Crippen LogP contribution is 2.27. The van der Waals surface area contributed by atoms with Gasteiger partial charge in [0.1, 0.15) is 0 Å². The first-order valence-electron chi connectivity index (χ1n) is 7.41. The second-order valence-corrected chi connectivity index (χ2v) is 6.07. The largest absolute Gasteiger partial charge is 0.618 e. The number of benzene rings is 1. The quantitative estimate of drug-likeness (QED) is 0.423. The number of nitrogens with zero attached hydrogens (tertiary/aromatic N) is 1. The Morgan fingerprint density at radius 2 is 1.96 bits per heavy atom. The number of pyridine rings is 1. The monoisotopic (exact) mass is 351 g/mol. The van der Waals surface area contributed by atoms with Crippen LogP contribution in [0.2, 0.25) is 0 Å². The second kappa shape index (κ2) is 9.36. The van der Waals surface area contributed by atoms with Crippen LogP contribution < -0.4 is 14.2 Å². The number of ether oxygens (including phenoxy) is 3. The number of thioether (sulfide) groups is 1. The molecule has 0 fully saturated rings. The summed E-state index contributed by atoms with van der Waals surface area (Å²) in [5, 5.41) is 22.0. The van der Waals surface area contributed by atoms with Crippen molar-refractivity contribution < 1.29 is 24.0 Å². The Labute approximate surface area is 145 Å². The average Bonchev–Trinajstić information content (AvgIpc) is 2.61. The van der Waals surface area contributed by atoms with E-state index in [0.29, 0.717) is 28.9 Å². The van der Waals surface area contributed by atoms with Crippen LogP contribution in [0.3, 0.4) is 0 Å². The van der Waals surface area contributed by atoms with E-state index in [2.05, 4.69) is 0 Å². The SMILES string of the molecule is COc1ccc(COC[C@H](O)CSc2cccc[n+]2[O-])cc1OC. The van der Waals surface area contributed by atoms with E-state index < -0.39 is 6.10 Å². The van der Waals surface area contributed by atoms with E-state index in [0.717, 1.165) is 10.3 Å². The van der Waals surface area contributed by atoms with Gasteiger partial charge in [0.05, 0.1) is 33.5 Å². The molecule has 0 spiro atoms. The number of hydrogen-bond donors (Lipinski definition) is 1. The maximum Gasteiger partial charge on any atom is 0.251 e. The van der Waals surface area contributed by atoms with Gasteiger partial charge < -0.3 is 24.5 Å². The minimum Gasteiger partial charge on any atom is -0.618 e. The van der Waals surface area contributed by atoms with Gasteiger partial charge in [-0.05, 0) is 23.8 Å². The Balaban J connectivity index is 1.76. The lowest BCUT2D eigenvalue weighted by atomic mass is 10.2. The Kier molecular flexibility index (Phi) is 7.17. The van der Waals surface area contributed by atoms with Crippen molar-refractivity contribution in [2.45, 2.75) is 17.7 Å². The van der Waals surface area contributed by atoms with Crippen molar-refractivity contribution in [3.8, 4) is 11.5 Å². The van der Waals surface area contributed by atoms with Crippen molar-refractivity contribution in [2.24, 2.45) is 0 Å². The Hall–Kier alpha value is -1.96. The summed E-state index contributed by atoms with van der Waals surface area (Å²) in [6.07, 6.45) is 0.776. The second-order valence-electron chi connectivity index (χ2n) is 5.03. The number of methoxy groups -OCH3 is 2. The lowest BCUT2D eigenvalue weighted by Gasteiger charge is -2.12. The van der Waals surface area contributed by atoms with Crippen molar-refractivity contribution in [1.29, 1.82) is 0 Å². The lowest BCUT2D eigenvalue weighted by molar-refractivity contribution is -0.645. The van der Waals surface area contributed by atoms with Gasteiger partial charge in [-0.2, -0.15) is 4.73 Å². The van der Waals surface area contributed by atoms with Crippen LogP contribution in [0.15, 0.2) is 47.6 Å². The molecule has 2 aromatic rings. The summed E-state index contributed by atoms with van der Waals surface area (Å²) >= 11 is 1.30. The van der Waals surface area contributed by atoms with E-state index in [1.54, 1.807) is 32.4 Å². The van der Waals surface area contributed by atoms with Crippen molar-refractivity contribution in [3.63, 3.8) is 0 Å². The molecule has 0 radical (unpaired) electrons. The summed E-state index contributed by atoms with van der Waals surface area (Å²) in [5.41, 5.74) is 0.924. The van der Waals surface area contributed by atoms with Gasteiger partial charge in [0.25, 0.3) is 5.03 Å². The van der Waals surface area contributed by atoms with Crippen LogP contribution in [0.4, 0.5) is 0 Å². The zero-order valence-corrected chi connectivity index (χ0v) is 14.5. The molecule has 130 valence electrons. The Morgan fingerprint density at radius 3 is 2.67 bits per heavy atom. The summed E-state index contributed by atoms with van der Waals surface area (Å²) < 4.78 is 16.7. The minimum absolute atomic E-state index is 0.188. The zero-order valence-electron chi connectivity index (χ0n) is 13.7. The molecule has 0 aliphatic carbocycles. The number of aliphatic hydroxyl groups excluding tert-OH is 1. The lowest BCUT2D eigenvalue weighted by Crippen LogP contribution is -2.28. The highest BCUT2D eigenvalue weighted by Gasteiger charge is 2.11.